The molecule has 2 aromatic carbocycles. The van der Waals surface area contributed by atoms with Crippen LogP contribution in [0.2, 0.25) is 0 Å². The fourth-order valence-corrected chi connectivity index (χ4v) is 2.14. The van der Waals surface area contributed by atoms with Crippen molar-refractivity contribution in [1.82, 2.24) is 0 Å². The molecule has 0 aliphatic rings. The number of methoxy groups -OCH3 is 1. The Morgan fingerprint density at radius 1 is 1.07 bits per heavy atom. The van der Waals surface area contributed by atoms with Crippen LogP contribution in [0.4, 0.5) is 14.5 Å². The third kappa shape index (κ3) is 5.67. The van der Waals surface area contributed by atoms with E-state index in [0.29, 0.717) is 11.5 Å². The Morgan fingerprint density at radius 2 is 1.81 bits per heavy atom. The molecule has 2 aromatic rings. The van der Waals surface area contributed by atoms with E-state index < -0.39 is 30.1 Å². The Morgan fingerprint density at radius 3 is 2.48 bits per heavy atom. The van der Waals surface area contributed by atoms with E-state index in [1.165, 1.54) is 19.2 Å². The molecule has 0 fully saturated rings. The van der Waals surface area contributed by atoms with E-state index in [1.54, 1.807) is 6.07 Å². The molecule has 0 aliphatic heterocycles. The number of anilines is 1. The lowest BCUT2D eigenvalue weighted by Crippen LogP contribution is -2.21. The Bertz CT molecular complexity index is 839. The Labute approximate surface area is 155 Å². The second-order valence-electron chi connectivity index (χ2n) is 5.78. The van der Waals surface area contributed by atoms with Crippen molar-refractivity contribution in [2.75, 3.05) is 19.0 Å². The van der Waals surface area contributed by atoms with Crippen molar-refractivity contribution in [2.24, 2.45) is 0 Å². The number of esters is 1. The van der Waals surface area contributed by atoms with Gasteiger partial charge in [0.2, 0.25) is 0 Å². The molecule has 0 aromatic heterocycles. The van der Waals surface area contributed by atoms with Crippen molar-refractivity contribution in [3.05, 3.63) is 53.6 Å². The zero-order valence-electron chi connectivity index (χ0n) is 15.0. The first kappa shape index (κ1) is 20.2. The van der Waals surface area contributed by atoms with Crippen LogP contribution >= 0.6 is 0 Å². The topological polar surface area (TPSA) is 73.9 Å². The van der Waals surface area contributed by atoms with Crippen LogP contribution in [0.5, 0.6) is 11.5 Å². The SMILES string of the molecule is COc1cc(C(=O)OCC(=O)Nc2cc(F)ccc2F)ccc1OC(C)C. The summed E-state index contributed by atoms with van der Waals surface area (Å²) in [6, 6.07) is 7.07. The van der Waals surface area contributed by atoms with Gasteiger partial charge in [0.25, 0.3) is 5.91 Å². The molecule has 1 amide bonds. The molecule has 0 aliphatic carbocycles. The lowest BCUT2D eigenvalue weighted by atomic mass is 10.2. The number of nitrogens with one attached hydrogen (secondary N) is 1. The van der Waals surface area contributed by atoms with Crippen LogP contribution < -0.4 is 14.8 Å². The van der Waals surface area contributed by atoms with E-state index in [-0.39, 0.29) is 17.4 Å². The highest BCUT2D eigenvalue weighted by Crippen LogP contribution is 2.29. The molecule has 0 bridgehead atoms. The van der Waals surface area contributed by atoms with Gasteiger partial charge in [0.1, 0.15) is 11.6 Å². The molecule has 2 rings (SSSR count). The molecule has 6 nitrogen and oxygen atoms in total. The van der Waals surface area contributed by atoms with Gasteiger partial charge in [-0.2, -0.15) is 0 Å². The molecule has 27 heavy (non-hydrogen) atoms. The van der Waals surface area contributed by atoms with Gasteiger partial charge in [0, 0.05) is 6.07 Å². The first-order chi connectivity index (χ1) is 12.8. The van der Waals surface area contributed by atoms with Crippen LogP contribution in [0, 0.1) is 11.6 Å². The van der Waals surface area contributed by atoms with Crippen LogP contribution in [0.25, 0.3) is 0 Å². The molecule has 0 spiro atoms. The summed E-state index contributed by atoms with van der Waals surface area (Å²) in [4.78, 5) is 23.9. The summed E-state index contributed by atoms with van der Waals surface area (Å²) in [5, 5.41) is 2.14. The first-order valence-electron chi connectivity index (χ1n) is 8.07. The average molecular weight is 379 g/mol. The van der Waals surface area contributed by atoms with Gasteiger partial charge in [-0.1, -0.05) is 0 Å². The number of halogens is 2. The van der Waals surface area contributed by atoms with Crippen LogP contribution in [0.1, 0.15) is 24.2 Å². The predicted octanol–water partition coefficient (Wildman–Crippen LogP) is 3.56. The molecule has 0 atom stereocenters. The molecule has 0 radical (unpaired) electrons. The summed E-state index contributed by atoms with van der Waals surface area (Å²) >= 11 is 0. The summed E-state index contributed by atoms with van der Waals surface area (Å²) < 4.78 is 42.2. The summed E-state index contributed by atoms with van der Waals surface area (Å²) in [5.74, 6) is -2.30. The maximum atomic E-state index is 13.5. The predicted molar refractivity (Wildman–Crippen MR) is 94.0 cm³/mol. The first-order valence-corrected chi connectivity index (χ1v) is 8.07. The minimum absolute atomic E-state index is 0.0800. The summed E-state index contributed by atoms with van der Waals surface area (Å²) in [7, 11) is 1.43. The van der Waals surface area contributed by atoms with Gasteiger partial charge >= 0.3 is 5.97 Å². The number of amides is 1. The fraction of sp³-hybridized carbons (Fsp3) is 0.263. The second-order valence-corrected chi connectivity index (χ2v) is 5.78. The highest BCUT2D eigenvalue weighted by Gasteiger charge is 2.15. The zero-order chi connectivity index (χ0) is 20.0. The van der Waals surface area contributed by atoms with E-state index in [9.17, 15) is 18.4 Å². The minimum atomic E-state index is -0.806. The minimum Gasteiger partial charge on any atom is -0.493 e. The lowest BCUT2D eigenvalue weighted by Gasteiger charge is -2.14. The van der Waals surface area contributed by atoms with E-state index in [2.05, 4.69) is 5.32 Å². The van der Waals surface area contributed by atoms with Crippen molar-refractivity contribution in [3.8, 4) is 11.5 Å². The quantitative estimate of drug-likeness (QED) is 0.745. The molecular weight excluding hydrogens is 360 g/mol. The van der Waals surface area contributed by atoms with Gasteiger partial charge in [-0.3, -0.25) is 4.79 Å². The molecular formula is C19H19F2NO5. The average Bonchev–Trinajstić information content (AvgIpc) is 2.62. The fourth-order valence-electron chi connectivity index (χ4n) is 2.14. The van der Waals surface area contributed by atoms with Crippen LogP contribution in [-0.4, -0.2) is 31.7 Å². The Kier molecular flexibility index (Phi) is 6.70. The lowest BCUT2D eigenvalue weighted by molar-refractivity contribution is -0.119. The van der Waals surface area contributed by atoms with Gasteiger partial charge in [0.05, 0.1) is 24.5 Å². The zero-order valence-corrected chi connectivity index (χ0v) is 15.0. The molecule has 0 heterocycles. The van der Waals surface area contributed by atoms with Crippen molar-refractivity contribution in [3.63, 3.8) is 0 Å². The maximum absolute atomic E-state index is 13.5. The number of carbonyl (C=O) groups excluding carboxylic acids is 2. The van der Waals surface area contributed by atoms with Crippen molar-refractivity contribution < 1.29 is 32.6 Å². The van der Waals surface area contributed by atoms with Crippen LogP contribution in [-0.2, 0) is 9.53 Å². The largest absolute Gasteiger partial charge is 0.493 e. The number of hydrogen-bond donors (Lipinski definition) is 1. The standard InChI is InChI=1S/C19H19F2NO5/c1-11(2)27-16-7-4-12(8-17(16)25-3)19(24)26-10-18(23)22-15-9-13(20)5-6-14(15)21/h4-9,11H,10H2,1-3H3,(H,22,23). The van der Waals surface area contributed by atoms with Gasteiger partial charge < -0.3 is 19.5 Å². The monoisotopic (exact) mass is 379 g/mol. The number of carbonyl (C=O) groups is 2. The van der Waals surface area contributed by atoms with Gasteiger partial charge in [-0.25, -0.2) is 13.6 Å². The number of benzene rings is 2. The van der Waals surface area contributed by atoms with Gasteiger partial charge in [-0.05, 0) is 44.2 Å². The van der Waals surface area contributed by atoms with Crippen molar-refractivity contribution >= 4 is 17.6 Å². The van der Waals surface area contributed by atoms with Crippen LogP contribution in [0.3, 0.4) is 0 Å². The van der Waals surface area contributed by atoms with E-state index in [0.717, 1.165) is 18.2 Å². The third-order valence-electron chi connectivity index (χ3n) is 3.30. The van der Waals surface area contributed by atoms with E-state index in [1.807, 2.05) is 13.8 Å². The maximum Gasteiger partial charge on any atom is 0.338 e. The van der Waals surface area contributed by atoms with Crippen molar-refractivity contribution in [1.29, 1.82) is 0 Å². The molecule has 8 heteroatoms. The molecule has 144 valence electrons. The van der Waals surface area contributed by atoms with Crippen LogP contribution in [0.15, 0.2) is 36.4 Å². The second kappa shape index (κ2) is 8.98. The summed E-state index contributed by atoms with van der Waals surface area (Å²) in [6.45, 7) is 3.03. The Balaban J connectivity index is 1.98. The smallest absolute Gasteiger partial charge is 0.338 e. The number of ether oxygens (including phenoxy) is 3. The van der Waals surface area contributed by atoms with Crippen molar-refractivity contribution in [2.45, 2.75) is 20.0 Å². The highest BCUT2D eigenvalue weighted by atomic mass is 19.1. The van der Waals surface area contributed by atoms with Gasteiger partial charge in [-0.15, -0.1) is 0 Å². The molecule has 1 N–H and O–H groups in total. The molecule has 0 saturated carbocycles. The van der Waals surface area contributed by atoms with E-state index in [4.69, 9.17) is 14.2 Å². The van der Waals surface area contributed by atoms with E-state index >= 15 is 0 Å². The molecule has 0 unspecified atom stereocenters. The van der Waals surface area contributed by atoms with Gasteiger partial charge in [0.15, 0.2) is 18.1 Å². The number of hydrogen-bond acceptors (Lipinski definition) is 5. The highest BCUT2D eigenvalue weighted by molar-refractivity contribution is 5.95. The Hall–Kier alpha value is -3.16. The third-order valence-corrected chi connectivity index (χ3v) is 3.30. The molecule has 0 saturated heterocycles. The summed E-state index contributed by atoms with van der Waals surface area (Å²) in [6.07, 6.45) is -0.0800. The number of rotatable bonds is 7. The summed E-state index contributed by atoms with van der Waals surface area (Å²) in [5.41, 5.74) is -0.194. The normalized spacial score (nSPS) is 10.4.